The predicted octanol–water partition coefficient (Wildman–Crippen LogP) is 4.15. The van der Waals surface area contributed by atoms with E-state index in [1.807, 2.05) is 55.8 Å². The Bertz CT molecular complexity index is 1740. The lowest BCUT2D eigenvalue weighted by Crippen LogP contribution is -2.39. The van der Waals surface area contributed by atoms with E-state index in [4.69, 9.17) is 25.9 Å². The molecule has 2 heterocycles. The Morgan fingerprint density at radius 1 is 1.04 bits per heavy atom. The summed E-state index contributed by atoms with van der Waals surface area (Å²) in [5.74, 6) is 0.255. The molecular formula is C35H44N8O5. The van der Waals surface area contributed by atoms with E-state index in [0.717, 1.165) is 23.4 Å². The number of esters is 2. The summed E-state index contributed by atoms with van der Waals surface area (Å²) in [6.45, 7) is 8.06. The van der Waals surface area contributed by atoms with Crippen LogP contribution in [0.5, 0.6) is 0 Å². The van der Waals surface area contributed by atoms with Crippen molar-refractivity contribution in [2.75, 3.05) is 23.4 Å². The SMILES string of the molecule is CCOC(=O)CCN(C(=O)c1ccc2c(c1)nc(CNc1ccc(/C(N)=N/C(C)OC(=O)C(N)C(C)CC)cc1)n2C)c1ccccn1. The van der Waals surface area contributed by atoms with E-state index in [9.17, 15) is 14.4 Å². The van der Waals surface area contributed by atoms with Crippen molar-refractivity contribution in [2.45, 2.75) is 59.4 Å². The maximum absolute atomic E-state index is 13.6. The number of nitrogens with two attached hydrogens (primary N) is 2. The average molecular weight is 657 g/mol. The minimum atomic E-state index is -0.776. The number of aliphatic imine (C=N–C) groups is 1. The zero-order chi connectivity index (χ0) is 34.8. The highest BCUT2D eigenvalue weighted by molar-refractivity contribution is 6.07. The number of imidazole rings is 1. The maximum atomic E-state index is 13.6. The molecule has 0 bridgehead atoms. The second kappa shape index (κ2) is 16.5. The highest BCUT2D eigenvalue weighted by Gasteiger charge is 2.23. The van der Waals surface area contributed by atoms with Crippen molar-refractivity contribution in [2.24, 2.45) is 29.4 Å². The molecule has 3 unspecified atom stereocenters. The number of aryl methyl sites for hydroxylation is 1. The predicted molar refractivity (Wildman–Crippen MR) is 185 cm³/mol. The molecule has 0 spiro atoms. The summed E-state index contributed by atoms with van der Waals surface area (Å²) in [5.41, 5.74) is 15.6. The molecule has 4 rings (SSSR count). The average Bonchev–Trinajstić information content (AvgIpc) is 3.41. The van der Waals surface area contributed by atoms with Crippen LogP contribution in [0.25, 0.3) is 11.0 Å². The lowest BCUT2D eigenvalue weighted by Gasteiger charge is -2.21. The van der Waals surface area contributed by atoms with E-state index in [2.05, 4.69) is 15.3 Å². The van der Waals surface area contributed by atoms with Crippen LogP contribution in [0.4, 0.5) is 11.5 Å². The first kappa shape index (κ1) is 35.6. The van der Waals surface area contributed by atoms with E-state index in [1.165, 1.54) is 4.90 Å². The molecule has 0 aliphatic heterocycles. The molecule has 254 valence electrons. The molecule has 13 heteroatoms. The Morgan fingerprint density at radius 3 is 2.44 bits per heavy atom. The standard InChI is InChI=1S/C35H44N8O5/c1-6-22(3)32(36)35(46)48-23(4)40-33(37)24-11-14-26(15-12-24)39-21-30-41-27-20-25(13-16-28(27)42(30)5)34(45)43(19-17-31(44)47-7-2)29-10-8-9-18-38-29/h8-16,18,20,22-23,32,39H,6-7,17,19,21,36H2,1-5H3,(H2,37,40). The molecule has 1 amide bonds. The fourth-order valence-electron chi connectivity index (χ4n) is 4.94. The number of hydrogen-bond acceptors (Lipinski definition) is 10. The van der Waals surface area contributed by atoms with Gasteiger partial charge in [0.2, 0.25) is 0 Å². The van der Waals surface area contributed by atoms with Crippen molar-refractivity contribution < 1.29 is 23.9 Å². The highest BCUT2D eigenvalue weighted by Crippen LogP contribution is 2.21. The van der Waals surface area contributed by atoms with Crippen molar-refractivity contribution in [1.29, 1.82) is 0 Å². The zero-order valence-corrected chi connectivity index (χ0v) is 28.1. The highest BCUT2D eigenvalue weighted by atomic mass is 16.6. The van der Waals surface area contributed by atoms with Crippen molar-refractivity contribution in [3.05, 3.63) is 83.8 Å². The summed E-state index contributed by atoms with van der Waals surface area (Å²) in [6.07, 6.45) is 1.63. The number of amides is 1. The third kappa shape index (κ3) is 8.94. The first-order valence-electron chi connectivity index (χ1n) is 16.0. The van der Waals surface area contributed by atoms with Gasteiger partial charge in [-0.25, -0.2) is 15.0 Å². The van der Waals surface area contributed by atoms with Crippen molar-refractivity contribution in [3.63, 3.8) is 0 Å². The first-order chi connectivity index (χ1) is 23.0. The van der Waals surface area contributed by atoms with Crippen LogP contribution in [-0.4, -0.2) is 63.6 Å². The van der Waals surface area contributed by atoms with Crippen LogP contribution in [0, 0.1) is 5.92 Å². The summed E-state index contributed by atoms with van der Waals surface area (Å²) in [5, 5.41) is 3.36. The first-order valence-corrected chi connectivity index (χ1v) is 16.0. The van der Waals surface area contributed by atoms with Gasteiger partial charge in [-0.05, 0) is 74.4 Å². The normalized spacial score (nSPS) is 13.4. The number of fused-ring (bicyclic) bond motifs is 1. The van der Waals surface area contributed by atoms with Crippen molar-refractivity contribution >= 4 is 46.2 Å². The third-order valence-electron chi connectivity index (χ3n) is 8.00. The number of hydrogen-bond donors (Lipinski definition) is 3. The Labute approximate surface area is 280 Å². The summed E-state index contributed by atoms with van der Waals surface area (Å²) in [4.78, 5) is 52.8. The Hall–Kier alpha value is -5.30. The fourth-order valence-corrected chi connectivity index (χ4v) is 4.94. The van der Waals surface area contributed by atoms with Crippen LogP contribution in [0.2, 0.25) is 0 Å². The number of nitrogens with one attached hydrogen (secondary N) is 1. The monoisotopic (exact) mass is 656 g/mol. The van der Waals surface area contributed by atoms with Gasteiger partial charge in [0.05, 0.1) is 30.6 Å². The molecule has 13 nitrogen and oxygen atoms in total. The molecule has 0 aliphatic rings. The number of carbonyl (C=O) groups is 3. The Morgan fingerprint density at radius 2 is 1.77 bits per heavy atom. The van der Waals surface area contributed by atoms with Crippen molar-refractivity contribution in [1.82, 2.24) is 14.5 Å². The number of nitrogens with zero attached hydrogens (tertiary/aromatic N) is 5. The van der Waals surface area contributed by atoms with Crippen LogP contribution in [0.1, 0.15) is 62.3 Å². The quantitative estimate of drug-likeness (QED) is 0.0956. The number of amidine groups is 1. The van der Waals surface area contributed by atoms with Gasteiger partial charge in [-0.3, -0.25) is 19.3 Å². The Balaban J connectivity index is 1.42. The van der Waals surface area contributed by atoms with Gasteiger partial charge < -0.3 is 30.8 Å². The molecule has 0 aliphatic carbocycles. The molecule has 0 radical (unpaired) electrons. The van der Waals surface area contributed by atoms with Crippen LogP contribution >= 0.6 is 0 Å². The van der Waals surface area contributed by atoms with Gasteiger partial charge in [0.1, 0.15) is 23.5 Å². The molecule has 2 aromatic heterocycles. The third-order valence-corrected chi connectivity index (χ3v) is 8.00. The van der Waals surface area contributed by atoms with Gasteiger partial charge in [0.25, 0.3) is 5.91 Å². The lowest BCUT2D eigenvalue weighted by atomic mass is 10.0. The second-order valence-corrected chi connectivity index (χ2v) is 11.4. The number of ether oxygens (including phenoxy) is 2. The molecule has 3 atom stereocenters. The van der Waals surface area contributed by atoms with E-state index < -0.39 is 18.2 Å². The summed E-state index contributed by atoms with van der Waals surface area (Å²) < 4.78 is 12.4. The minimum absolute atomic E-state index is 0.000684. The lowest BCUT2D eigenvalue weighted by molar-refractivity contribution is -0.150. The summed E-state index contributed by atoms with van der Waals surface area (Å²) in [6, 6.07) is 17.3. The van der Waals surface area contributed by atoms with Gasteiger partial charge in [-0.15, -0.1) is 0 Å². The molecule has 2 aromatic carbocycles. The van der Waals surface area contributed by atoms with E-state index in [0.29, 0.717) is 29.0 Å². The number of rotatable bonds is 15. The van der Waals surface area contributed by atoms with Crippen molar-refractivity contribution in [3.8, 4) is 0 Å². The largest absolute Gasteiger partial charge is 0.466 e. The number of benzene rings is 2. The van der Waals surface area contributed by atoms with Crippen LogP contribution in [0.15, 0.2) is 71.9 Å². The molecule has 0 saturated carbocycles. The summed E-state index contributed by atoms with van der Waals surface area (Å²) >= 11 is 0. The van der Waals surface area contributed by atoms with Gasteiger partial charge in [0, 0.05) is 36.6 Å². The number of carbonyl (C=O) groups excluding carboxylic acids is 3. The van der Waals surface area contributed by atoms with Crippen LogP contribution < -0.4 is 21.7 Å². The number of anilines is 2. The van der Waals surface area contributed by atoms with Gasteiger partial charge in [0.15, 0.2) is 6.23 Å². The van der Waals surface area contributed by atoms with Gasteiger partial charge >= 0.3 is 11.9 Å². The molecule has 0 saturated heterocycles. The van der Waals surface area contributed by atoms with Gasteiger partial charge in [-0.2, -0.15) is 0 Å². The van der Waals surface area contributed by atoms with E-state index >= 15 is 0 Å². The molecule has 0 fully saturated rings. The number of pyridine rings is 1. The van der Waals surface area contributed by atoms with Crippen LogP contribution in [-0.2, 0) is 32.7 Å². The molecule has 4 aromatic rings. The zero-order valence-electron chi connectivity index (χ0n) is 28.1. The summed E-state index contributed by atoms with van der Waals surface area (Å²) in [7, 11) is 1.91. The smallest absolute Gasteiger partial charge is 0.325 e. The fraction of sp³-hybridized carbons (Fsp3) is 0.371. The Kier molecular flexibility index (Phi) is 12.2. The van der Waals surface area contributed by atoms with E-state index in [-0.39, 0.29) is 43.2 Å². The van der Waals surface area contributed by atoms with Gasteiger partial charge in [-0.1, -0.05) is 26.3 Å². The molecule has 48 heavy (non-hydrogen) atoms. The topological polar surface area (TPSA) is 180 Å². The second-order valence-electron chi connectivity index (χ2n) is 11.4. The molecular weight excluding hydrogens is 612 g/mol. The molecule has 5 N–H and O–H groups in total. The maximum Gasteiger partial charge on any atom is 0.325 e. The minimum Gasteiger partial charge on any atom is -0.466 e. The van der Waals surface area contributed by atoms with Crippen LogP contribution in [0.3, 0.4) is 0 Å². The number of aromatic nitrogens is 3. The van der Waals surface area contributed by atoms with E-state index in [1.54, 1.807) is 50.4 Å².